The summed E-state index contributed by atoms with van der Waals surface area (Å²) in [7, 11) is 0. The molecule has 0 heterocycles. The molecule has 0 amide bonds. The first kappa shape index (κ1) is 15.4. The molecule has 106 valence electrons. The number of hydrogen-bond acceptors (Lipinski definition) is 1. The van der Waals surface area contributed by atoms with E-state index in [-0.39, 0.29) is 0 Å². The Labute approximate surface area is 133 Å². The first-order chi connectivity index (χ1) is 8.95. The number of halogens is 2. The van der Waals surface area contributed by atoms with Crippen molar-refractivity contribution in [1.82, 2.24) is 0 Å². The van der Waals surface area contributed by atoms with Crippen LogP contribution in [-0.4, -0.2) is 6.61 Å². The van der Waals surface area contributed by atoms with Crippen molar-refractivity contribution in [1.29, 1.82) is 0 Å². The van der Waals surface area contributed by atoms with Gasteiger partial charge in [0.25, 0.3) is 0 Å². The molecule has 1 aliphatic carbocycles. The van der Waals surface area contributed by atoms with Gasteiger partial charge in [-0.1, -0.05) is 58.2 Å². The molecule has 3 heteroatoms. The van der Waals surface area contributed by atoms with Crippen molar-refractivity contribution in [3.63, 3.8) is 0 Å². The highest BCUT2D eigenvalue weighted by Crippen LogP contribution is 2.53. The third kappa shape index (κ3) is 3.36. The lowest BCUT2D eigenvalue weighted by Crippen LogP contribution is -2.21. The van der Waals surface area contributed by atoms with Crippen LogP contribution in [0.1, 0.15) is 50.4 Å². The van der Waals surface area contributed by atoms with Gasteiger partial charge in [-0.3, -0.25) is 0 Å². The zero-order valence-electron chi connectivity index (χ0n) is 11.9. The summed E-state index contributed by atoms with van der Waals surface area (Å²) >= 11 is 7.62. The van der Waals surface area contributed by atoms with E-state index in [2.05, 4.69) is 63.9 Å². The topological polar surface area (TPSA) is 9.23 Å². The zero-order chi connectivity index (χ0) is 14.0. The molecule has 0 bridgehead atoms. The van der Waals surface area contributed by atoms with Gasteiger partial charge in [-0.25, -0.2) is 0 Å². The fourth-order valence-corrected chi connectivity index (χ4v) is 5.39. The second-order valence-corrected chi connectivity index (χ2v) is 7.85. The van der Waals surface area contributed by atoms with Gasteiger partial charge in [0.15, 0.2) is 0 Å². The third-order valence-corrected chi connectivity index (χ3v) is 6.09. The minimum atomic E-state index is 0.412. The molecule has 0 aromatic heterocycles. The van der Waals surface area contributed by atoms with E-state index in [1.54, 1.807) is 0 Å². The van der Waals surface area contributed by atoms with E-state index in [1.807, 2.05) is 6.92 Å². The molecule has 1 saturated carbocycles. The largest absolute Gasteiger partial charge is 0.494 e. The van der Waals surface area contributed by atoms with Gasteiger partial charge in [0.1, 0.15) is 5.75 Å². The molecule has 1 aliphatic rings. The molecular formula is C16H22Br2O. The predicted octanol–water partition coefficient (Wildman–Crippen LogP) is 6.11. The Morgan fingerprint density at radius 1 is 1.42 bits per heavy atom. The van der Waals surface area contributed by atoms with E-state index in [1.165, 1.54) is 24.8 Å². The van der Waals surface area contributed by atoms with E-state index in [4.69, 9.17) is 4.74 Å². The molecular weight excluding hydrogens is 368 g/mol. The molecule has 19 heavy (non-hydrogen) atoms. The highest BCUT2D eigenvalue weighted by molar-refractivity contribution is 9.11. The van der Waals surface area contributed by atoms with Crippen LogP contribution in [0.5, 0.6) is 5.75 Å². The van der Waals surface area contributed by atoms with Crippen LogP contribution in [0.3, 0.4) is 0 Å². The molecule has 0 radical (unpaired) electrons. The summed E-state index contributed by atoms with van der Waals surface area (Å²) in [5, 5.41) is 0. The molecule has 0 saturated heterocycles. The van der Waals surface area contributed by atoms with Crippen molar-refractivity contribution in [2.45, 2.75) is 44.9 Å². The maximum absolute atomic E-state index is 5.54. The maximum Gasteiger partial charge on any atom is 0.120 e. The van der Waals surface area contributed by atoms with E-state index in [0.717, 1.165) is 10.2 Å². The molecule has 0 spiro atoms. The summed E-state index contributed by atoms with van der Waals surface area (Å²) < 4.78 is 6.68. The summed E-state index contributed by atoms with van der Waals surface area (Å²) in [5.74, 6) is 1.63. The van der Waals surface area contributed by atoms with Crippen LogP contribution >= 0.6 is 31.9 Å². The van der Waals surface area contributed by atoms with Crippen LogP contribution in [0.2, 0.25) is 0 Å². The Hall–Kier alpha value is -0.0200. The van der Waals surface area contributed by atoms with Gasteiger partial charge in [-0.2, -0.15) is 0 Å². The normalized spacial score (nSPS) is 23.3. The smallest absolute Gasteiger partial charge is 0.120 e. The van der Waals surface area contributed by atoms with Crippen molar-refractivity contribution >= 4 is 31.9 Å². The molecule has 0 aliphatic heterocycles. The van der Waals surface area contributed by atoms with Gasteiger partial charge in [0, 0.05) is 9.30 Å². The lowest BCUT2D eigenvalue weighted by molar-refractivity contribution is 0.256. The lowest BCUT2D eigenvalue weighted by Gasteiger charge is -2.31. The second kappa shape index (κ2) is 6.17. The third-order valence-electron chi connectivity index (χ3n) is 4.27. The average Bonchev–Trinajstić information content (AvgIpc) is 2.69. The lowest BCUT2D eigenvalue weighted by atomic mass is 9.78. The fourth-order valence-electron chi connectivity index (χ4n) is 3.10. The molecule has 1 fully saturated rings. The van der Waals surface area contributed by atoms with Gasteiger partial charge >= 0.3 is 0 Å². The summed E-state index contributed by atoms with van der Waals surface area (Å²) in [5.41, 5.74) is 1.76. The van der Waals surface area contributed by atoms with Crippen LogP contribution in [0, 0.1) is 11.3 Å². The van der Waals surface area contributed by atoms with Crippen LogP contribution in [0.25, 0.3) is 0 Å². The Bertz CT molecular complexity index is 442. The minimum absolute atomic E-state index is 0.412. The molecule has 1 aromatic carbocycles. The van der Waals surface area contributed by atoms with Gasteiger partial charge in [0.2, 0.25) is 0 Å². The maximum atomic E-state index is 5.54. The molecule has 2 unspecified atom stereocenters. The molecule has 2 rings (SSSR count). The Morgan fingerprint density at radius 3 is 2.68 bits per heavy atom. The second-order valence-electron chi connectivity index (χ2n) is 6.01. The van der Waals surface area contributed by atoms with Gasteiger partial charge < -0.3 is 4.74 Å². The Morgan fingerprint density at radius 2 is 2.16 bits per heavy atom. The fraction of sp³-hybridized carbons (Fsp3) is 0.625. The van der Waals surface area contributed by atoms with E-state index in [9.17, 15) is 0 Å². The monoisotopic (exact) mass is 388 g/mol. The van der Waals surface area contributed by atoms with E-state index < -0.39 is 0 Å². The molecule has 0 N–H and O–H groups in total. The first-order valence-electron chi connectivity index (χ1n) is 7.02. The van der Waals surface area contributed by atoms with Crippen LogP contribution in [-0.2, 0) is 0 Å². The molecule has 1 nitrogen and oxygen atoms in total. The average molecular weight is 390 g/mol. The SMILES string of the molecule is CCOc1ccc(C(Br)C2CCCC2(C)C)c(Br)c1. The molecule has 2 atom stereocenters. The first-order valence-corrected chi connectivity index (χ1v) is 8.73. The van der Waals surface area contributed by atoms with Crippen LogP contribution < -0.4 is 4.74 Å². The standard InChI is InChI=1S/C16H22Br2O/c1-4-19-11-7-8-12(14(17)10-11)15(18)13-6-5-9-16(13,2)3/h7-8,10,13,15H,4-6,9H2,1-3H3. The van der Waals surface area contributed by atoms with Crippen molar-refractivity contribution in [3.8, 4) is 5.75 Å². The quantitative estimate of drug-likeness (QED) is 0.564. The van der Waals surface area contributed by atoms with Crippen LogP contribution in [0.15, 0.2) is 22.7 Å². The summed E-state index contributed by atoms with van der Waals surface area (Å²) in [6, 6.07) is 6.33. The van der Waals surface area contributed by atoms with Crippen molar-refractivity contribution in [2.24, 2.45) is 11.3 Å². The van der Waals surface area contributed by atoms with E-state index in [0.29, 0.717) is 22.8 Å². The Balaban J connectivity index is 2.22. The van der Waals surface area contributed by atoms with Crippen molar-refractivity contribution in [2.75, 3.05) is 6.61 Å². The van der Waals surface area contributed by atoms with Crippen LogP contribution in [0.4, 0.5) is 0 Å². The highest BCUT2D eigenvalue weighted by Gasteiger charge is 2.39. The highest BCUT2D eigenvalue weighted by atomic mass is 79.9. The number of hydrogen-bond donors (Lipinski definition) is 0. The predicted molar refractivity (Wildman–Crippen MR) is 88.1 cm³/mol. The number of rotatable bonds is 4. The van der Waals surface area contributed by atoms with Crippen molar-refractivity contribution < 1.29 is 4.74 Å². The van der Waals surface area contributed by atoms with Gasteiger partial charge in [-0.15, -0.1) is 0 Å². The summed E-state index contributed by atoms with van der Waals surface area (Å²) in [4.78, 5) is 0.412. The molecule has 1 aromatic rings. The number of ether oxygens (including phenoxy) is 1. The van der Waals surface area contributed by atoms with Crippen molar-refractivity contribution in [3.05, 3.63) is 28.2 Å². The minimum Gasteiger partial charge on any atom is -0.494 e. The number of alkyl halides is 1. The van der Waals surface area contributed by atoms with E-state index >= 15 is 0 Å². The van der Waals surface area contributed by atoms with Gasteiger partial charge in [-0.05, 0) is 48.8 Å². The summed E-state index contributed by atoms with van der Waals surface area (Å²) in [6.45, 7) is 7.50. The Kier molecular flexibility index (Phi) is 4.99. The van der Waals surface area contributed by atoms with Gasteiger partial charge in [0.05, 0.1) is 6.61 Å². The summed E-state index contributed by atoms with van der Waals surface area (Å²) in [6.07, 6.45) is 3.98. The number of benzene rings is 1. The zero-order valence-corrected chi connectivity index (χ0v) is 15.1.